The number of hydrogen-bond donors (Lipinski definition) is 0. The molecule has 0 amide bonds. The van der Waals surface area contributed by atoms with E-state index in [0.29, 0.717) is 42.5 Å². The normalized spacial score (nSPS) is 44.2. The summed E-state index contributed by atoms with van der Waals surface area (Å²) in [6, 6.07) is 10.9. The van der Waals surface area contributed by atoms with Crippen LogP contribution in [0.5, 0.6) is 0 Å². The highest BCUT2D eigenvalue weighted by Gasteiger charge is 2.79. The molecular weight excluding hydrogens is 517 g/mol. The highest BCUT2D eigenvalue weighted by atomic mass is 28.4. The van der Waals surface area contributed by atoms with Crippen molar-refractivity contribution in [2.45, 2.75) is 127 Å². The van der Waals surface area contributed by atoms with Gasteiger partial charge in [-0.3, -0.25) is 0 Å². The van der Waals surface area contributed by atoms with E-state index >= 15 is 0 Å². The molecule has 0 N–H and O–H groups in total. The van der Waals surface area contributed by atoms with Gasteiger partial charge in [-0.1, -0.05) is 71.0 Å². The monoisotopic (exact) mass is 568 g/mol. The molecule has 1 aromatic rings. The molecule has 5 fully saturated rings. The molecule has 3 aliphatic heterocycles. The van der Waals surface area contributed by atoms with E-state index in [1.54, 1.807) is 0 Å². The van der Waals surface area contributed by atoms with Crippen molar-refractivity contribution in [3.63, 3.8) is 0 Å². The van der Waals surface area contributed by atoms with Crippen LogP contribution < -0.4 is 0 Å². The third kappa shape index (κ3) is 4.42. The minimum Gasteiger partial charge on any atom is -0.414 e. The third-order valence-corrected chi connectivity index (χ3v) is 16.8. The van der Waals surface area contributed by atoms with Crippen molar-refractivity contribution in [3.05, 3.63) is 41.5 Å². The summed E-state index contributed by atoms with van der Waals surface area (Å²) < 4.78 is 28.7. The molecule has 4 nitrogen and oxygen atoms in total. The minimum absolute atomic E-state index is 0.161. The Balaban J connectivity index is 1.50. The molecule has 2 bridgehead atoms. The quantitative estimate of drug-likeness (QED) is 0.257. The van der Waals surface area contributed by atoms with E-state index in [4.69, 9.17) is 18.3 Å². The average molecular weight is 569 g/mol. The fraction of sp³-hybridized carbons (Fsp3) is 0.758. The molecule has 3 saturated heterocycles. The first-order chi connectivity index (χ1) is 18.0. The van der Waals surface area contributed by atoms with Gasteiger partial charge in [0, 0.05) is 18.3 Å². The van der Waals surface area contributed by atoms with Gasteiger partial charge in [0.25, 0.3) is 0 Å². The molecule has 2 saturated carbocycles. The van der Waals surface area contributed by atoms with Crippen LogP contribution >= 0.6 is 0 Å². The summed E-state index contributed by atoms with van der Waals surface area (Å²) in [4.78, 5) is 0. The Kier molecular flexibility index (Phi) is 6.45. The Morgan fingerprint density at radius 1 is 1.03 bits per heavy atom. The second-order valence-corrected chi connectivity index (χ2v) is 25.5. The van der Waals surface area contributed by atoms with Gasteiger partial charge < -0.3 is 18.3 Å². The van der Waals surface area contributed by atoms with Gasteiger partial charge in [-0.15, -0.1) is 0 Å². The highest BCUT2D eigenvalue weighted by Crippen LogP contribution is 2.72. The van der Waals surface area contributed by atoms with Crippen molar-refractivity contribution in [2.75, 3.05) is 6.61 Å². The molecule has 0 radical (unpaired) electrons. The van der Waals surface area contributed by atoms with Crippen molar-refractivity contribution >= 4 is 22.7 Å². The molecule has 0 aromatic heterocycles. The van der Waals surface area contributed by atoms with E-state index in [1.807, 2.05) is 0 Å². The topological polar surface area (TPSA) is 40.2 Å². The van der Waals surface area contributed by atoms with Crippen molar-refractivity contribution in [2.24, 2.45) is 23.7 Å². The Bertz CT molecular complexity index is 1140. The van der Waals surface area contributed by atoms with Gasteiger partial charge in [0.2, 0.25) is 0 Å². The second-order valence-electron chi connectivity index (χ2n) is 16.3. The Morgan fingerprint density at radius 2 is 1.72 bits per heavy atom. The van der Waals surface area contributed by atoms with Gasteiger partial charge in [0.05, 0.1) is 35.6 Å². The van der Waals surface area contributed by atoms with Crippen LogP contribution in [0.2, 0.25) is 37.8 Å². The number of hydrogen-bond acceptors (Lipinski definition) is 4. The molecule has 5 aliphatic rings. The lowest BCUT2D eigenvalue weighted by atomic mass is 9.60. The lowest BCUT2D eigenvalue weighted by Gasteiger charge is -2.59. The zero-order chi connectivity index (χ0) is 28.2. The second kappa shape index (κ2) is 8.87. The van der Waals surface area contributed by atoms with Crippen LogP contribution in [0.25, 0.3) is 6.08 Å². The van der Waals surface area contributed by atoms with Gasteiger partial charge in [0.1, 0.15) is 0 Å². The third-order valence-electron chi connectivity index (χ3n) is 11.4. The standard InChI is InChI=1S/C33H52O4Si2/c1-22-16-28-32(37-38(6,7)8,25(22)18-24-14-12-11-13-15-24)20-31(21-34-39(9,10)30(3,4)5)19-26-29-27(35-29)17-23(2)33(26,28)36-31/h11-15,18,22-23,26-29H,16-17,19-21H2,1-10H3/t22-,23-,26+,27+,28-,29-,31+,32+,33-/m1/s1. The van der Waals surface area contributed by atoms with Gasteiger partial charge >= 0.3 is 0 Å². The summed E-state index contributed by atoms with van der Waals surface area (Å²) in [6.07, 6.45) is 7.40. The maximum absolute atomic E-state index is 7.62. The van der Waals surface area contributed by atoms with E-state index in [0.717, 1.165) is 25.7 Å². The number of epoxide rings is 1. The van der Waals surface area contributed by atoms with Gasteiger partial charge in [-0.25, -0.2) is 0 Å². The van der Waals surface area contributed by atoms with E-state index in [-0.39, 0.29) is 21.8 Å². The number of rotatable bonds is 6. The van der Waals surface area contributed by atoms with Crippen LogP contribution in [0.1, 0.15) is 65.9 Å². The summed E-state index contributed by atoms with van der Waals surface area (Å²) in [5.74, 6) is 1.66. The predicted molar refractivity (Wildman–Crippen MR) is 164 cm³/mol. The predicted octanol–water partition coefficient (Wildman–Crippen LogP) is 8.06. The molecule has 6 heteroatoms. The molecule has 6 rings (SSSR count). The Morgan fingerprint density at radius 3 is 2.36 bits per heavy atom. The van der Waals surface area contributed by atoms with Crippen molar-refractivity contribution in [1.29, 1.82) is 0 Å². The maximum atomic E-state index is 7.62. The molecule has 216 valence electrons. The summed E-state index contributed by atoms with van der Waals surface area (Å²) >= 11 is 0. The molecule has 0 unspecified atom stereocenters. The summed E-state index contributed by atoms with van der Waals surface area (Å²) in [6.45, 7) is 24.4. The summed E-state index contributed by atoms with van der Waals surface area (Å²) in [5, 5.41) is 0.161. The lowest BCUT2D eigenvalue weighted by Crippen LogP contribution is -2.67. The first-order valence-corrected chi connectivity index (χ1v) is 21.8. The molecule has 39 heavy (non-hydrogen) atoms. The zero-order valence-corrected chi connectivity index (χ0v) is 28.1. The molecule has 3 heterocycles. The smallest absolute Gasteiger partial charge is 0.192 e. The Hall–Kier alpha value is -0.766. The number of benzene rings is 1. The molecule has 1 spiro atoms. The van der Waals surface area contributed by atoms with Gasteiger partial charge in [-0.05, 0) is 80.0 Å². The first-order valence-electron chi connectivity index (χ1n) is 15.5. The van der Waals surface area contributed by atoms with E-state index in [2.05, 4.69) is 104 Å². The highest BCUT2D eigenvalue weighted by molar-refractivity contribution is 6.74. The summed E-state index contributed by atoms with van der Waals surface area (Å²) in [5.41, 5.74) is 1.89. The largest absolute Gasteiger partial charge is 0.414 e. The molecule has 9 atom stereocenters. The van der Waals surface area contributed by atoms with Crippen LogP contribution in [-0.4, -0.2) is 52.3 Å². The maximum Gasteiger partial charge on any atom is 0.192 e. The van der Waals surface area contributed by atoms with Crippen LogP contribution in [0, 0.1) is 23.7 Å². The fourth-order valence-electron chi connectivity index (χ4n) is 8.82. The zero-order valence-electron chi connectivity index (χ0n) is 26.1. The summed E-state index contributed by atoms with van der Waals surface area (Å²) in [7, 11) is -3.89. The number of fused-ring (bicyclic) bond motifs is 4. The Labute approximate surface area is 239 Å². The van der Waals surface area contributed by atoms with Crippen LogP contribution in [-0.2, 0) is 18.3 Å². The average Bonchev–Trinajstić information content (AvgIpc) is 3.45. The fourth-order valence-corrected chi connectivity index (χ4v) is 11.3. The van der Waals surface area contributed by atoms with Crippen LogP contribution in [0.3, 0.4) is 0 Å². The van der Waals surface area contributed by atoms with Crippen LogP contribution in [0.4, 0.5) is 0 Å². The SMILES string of the molecule is C[C@@H]1C[C@H]2[C@]34O[C@@](CO[Si](C)(C)C(C)(C)C)(C[C@H]3[C@H]3O[C@H]3C[C@H]4C)C[C@]2(O[Si](C)(C)C)C1=Cc1ccccc1. The van der Waals surface area contributed by atoms with Crippen molar-refractivity contribution < 1.29 is 18.3 Å². The minimum atomic E-state index is -1.96. The van der Waals surface area contributed by atoms with E-state index in [9.17, 15) is 0 Å². The first kappa shape index (κ1) is 28.4. The lowest BCUT2D eigenvalue weighted by molar-refractivity contribution is -0.257. The molecule has 1 aromatic carbocycles. The van der Waals surface area contributed by atoms with E-state index < -0.39 is 16.6 Å². The number of ether oxygens (including phenoxy) is 2. The van der Waals surface area contributed by atoms with Crippen LogP contribution in [0.15, 0.2) is 35.9 Å². The molecule has 2 aliphatic carbocycles. The molecular formula is C33H52O4Si2. The van der Waals surface area contributed by atoms with Gasteiger partial charge in [0.15, 0.2) is 16.6 Å². The van der Waals surface area contributed by atoms with Gasteiger partial charge in [-0.2, -0.15) is 0 Å². The van der Waals surface area contributed by atoms with Crippen molar-refractivity contribution in [3.8, 4) is 0 Å². The van der Waals surface area contributed by atoms with E-state index in [1.165, 1.54) is 11.1 Å². The van der Waals surface area contributed by atoms with Crippen molar-refractivity contribution in [1.82, 2.24) is 0 Å².